The molecule has 5 heterocycles. The molecule has 1 fully saturated rings. The maximum Gasteiger partial charge on any atom is 0.319 e. The standard InChI is InChI=1S/C50H52ClN9O4S/c1-28(2)39-23-40(43(62)25-42(39)61)47-55-57-50(64)60(47)38-16-10-32(11-17-38)22-33-18-20-58(21-19-33)27-35-8-6-34(7-9-35)26-52-44(63)24-41-48-56-54-31(5)59(48)49-45(29(3)30(4)65-49)46(53-41)36-12-14-37(51)15-13-36/h6-17,23,25,28,33,41,61-62H,18-22,24,26-27H2,1-5H3,(H,52,63)(H,57,64). The van der Waals surface area contributed by atoms with E-state index < -0.39 is 6.04 Å². The monoisotopic (exact) mass is 909 g/mol. The zero-order valence-corrected chi connectivity index (χ0v) is 38.7. The molecule has 0 saturated carbocycles. The molecule has 3 aromatic heterocycles. The molecule has 0 aliphatic carbocycles. The minimum atomic E-state index is -0.531. The summed E-state index contributed by atoms with van der Waals surface area (Å²) >= 11 is 7.96. The van der Waals surface area contributed by atoms with E-state index >= 15 is 0 Å². The van der Waals surface area contributed by atoms with Crippen LogP contribution in [0.15, 0.2) is 89.9 Å². The van der Waals surface area contributed by atoms with Gasteiger partial charge in [-0.05, 0) is 123 Å². The van der Waals surface area contributed by atoms with Gasteiger partial charge >= 0.3 is 6.01 Å². The number of hydrogen-bond acceptors (Lipinski definition) is 11. The van der Waals surface area contributed by atoms with Gasteiger partial charge in [-0.2, -0.15) is 0 Å². The molecule has 334 valence electrons. The average Bonchev–Trinajstić information content (AvgIpc) is 3.93. The van der Waals surface area contributed by atoms with Crippen molar-refractivity contribution in [2.75, 3.05) is 13.1 Å². The number of likely N-dealkylation sites (tertiary alicyclic amines) is 1. The van der Waals surface area contributed by atoms with Crippen molar-refractivity contribution in [3.8, 4) is 39.6 Å². The molecule has 1 atom stereocenters. The lowest BCUT2D eigenvalue weighted by atomic mass is 9.90. The van der Waals surface area contributed by atoms with Gasteiger partial charge < -0.3 is 20.6 Å². The first-order valence-corrected chi connectivity index (χ1v) is 23.2. The highest BCUT2D eigenvalue weighted by Gasteiger charge is 2.32. The predicted molar refractivity (Wildman–Crippen MR) is 254 cm³/mol. The van der Waals surface area contributed by atoms with Crippen molar-refractivity contribution in [1.29, 1.82) is 0 Å². The maximum absolute atomic E-state index is 13.6. The van der Waals surface area contributed by atoms with Crippen LogP contribution in [0, 0.1) is 26.7 Å². The van der Waals surface area contributed by atoms with E-state index in [1.165, 1.54) is 26.6 Å². The molecule has 9 rings (SSSR count). The third-order valence-corrected chi connectivity index (χ3v) is 14.2. The fraction of sp³-hybridized carbons (Fsp3) is 0.320. The van der Waals surface area contributed by atoms with Gasteiger partial charge in [-0.1, -0.05) is 79.1 Å². The van der Waals surface area contributed by atoms with Crippen LogP contribution in [0.1, 0.15) is 101 Å². The quantitative estimate of drug-likeness (QED) is 0.0934. The largest absolute Gasteiger partial charge is 0.508 e. The van der Waals surface area contributed by atoms with E-state index in [4.69, 9.17) is 16.6 Å². The van der Waals surface area contributed by atoms with Gasteiger partial charge in [0.25, 0.3) is 0 Å². The van der Waals surface area contributed by atoms with Gasteiger partial charge in [0.2, 0.25) is 5.91 Å². The van der Waals surface area contributed by atoms with Gasteiger partial charge in [-0.25, -0.2) is 4.57 Å². The number of phenolic OH excluding ortho intramolecular Hbond substituents is 2. The van der Waals surface area contributed by atoms with Gasteiger partial charge in [-0.3, -0.25) is 19.3 Å². The van der Waals surface area contributed by atoms with E-state index in [2.05, 4.69) is 85.4 Å². The highest BCUT2D eigenvalue weighted by Crippen LogP contribution is 2.41. The number of piperidine rings is 1. The second-order valence-corrected chi connectivity index (χ2v) is 19.2. The topological polar surface area (TPSA) is 167 Å². The molecular formula is C50H52ClN9O4S. The van der Waals surface area contributed by atoms with Crippen LogP contribution in [0.3, 0.4) is 0 Å². The van der Waals surface area contributed by atoms with Gasteiger partial charge in [0.15, 0.2) is 11.6 Å². The first-order chi connectivity index (χ1) is 31.3. The van der Waals surface area contributed by atoms with Crippen LogP contribution < -0.4 is 5.32 Å². The molecule has 65 heavy (non-hydrogen) atoms. The van der Waals surface area contributed by atoms with Crippen molar-refractivity contribution in [2.45, 2.75) is 85.4 Å². The summed E-state index contributed by atoms with van der Waals surface area (Å²) in [7, 11) is 0. The number of benzene rings is 4. The molecule has 4 N–H and O–H groups in total. The second-order valence-electron chi connectivity index (χ2n) is 17.5. The fourth-order valence-electron chi connectivity index (χ4n) is 8.99. The van der Waals surface area contributed by atoms with Crippen molar-refractivity contribution < 1.29 is 20.1 Å². The number of carbonyl (C=O) groups is 1. The molecule has 1 amide bonds. The number of aliphatic imine (C=N–C) groups is 1. The average molecular weight is 911 g/mol. The zero-order valence-electron chi connectivity index (χ0n) is 37.1. The molecule has 13 nitrogen and oxygen atoms in total. The number of aromatic nitrogens is 6. The number of nitrogens with zero attached hydrogens (tertiary/aromatic N) is 8. The van der Waals surface area contributed by atoms with E-state index in [1.54, 1.807) is 17.4 Å². The third kappa shape index (κ3) is 9.03. The molecule has 1 saturated heterocycles. The molecule has 0 spiro atoms. The summed E-state index contributed by atoms with van der Waals surface area (Å²) in [5, 5.41) is 53.5. The molecule has 15 heteroatoms. The Labute approximate surface area is 387 Å². The number of aryl methyl sites for hydroxylation is 2. The lowest BCUT2D eigenvalue weighted by molar-refractivity contribution is -0.121. The van der Waals surface area contributed by atoms with E-state index in [9.17, 15) is 20.1 Å². The lowest BCUT2D eigenvalue weighted by Gasteiger charge is -2.32. The summed E-state index contributed by atoms with van der Waals surface area (Å²) in [6, 6.07) is 26.4. The predicted octanol–water partition coefficient (Wildman–Crippen LogP) is 9.45. The summed E-state index contributed by atoms with van der Waals surface area (Å²) in [5.74, 6) is 2.02. The van der Waals surface area contributed by atoms with E-state index in [0.29, 0.717) is 40.1 Å². The van der Waals surface area contributed by atoms with Crippen molar-refractivity contribution in [3.05, 3.63) is 145 Å². The summed E-state index contributed by atoms with van der Waals surface area (Å²) in [4.78, 5) is 22.5. The summed E-state index contributed by atoms with van der Waals surface area (Å²) in [6.07, 6.45) is 3.27. The molecule has 0 bridgehead atoms. The van der Waals surface area contributed by atoms with Gasteiger partial charge in [0.1, 0.15) is 28.4 Å². The lowest BCUT2D eigenvalue weighted by Crippen LogP contribution is -2.33. The highest BCUT2D eigenvalue weighted by molar-refractivity contribution is 7.15. The molecule has 2 aliphatic heterocycles. The van der Waals surface area contributed by atoms with Crippen LogP contribution in [0.25, 0.3) is 22.1 Å². The molecule has 1 unspecified atom stereocenters. The van der Waals surface area contributed by atoms with E-state index in [-0.39, 0.29) is 41.6 Å². The maximum atomic E-state index is 13.6. The minimum Gasteiger partial charge on any atom is -0.508 e. The minimum absolute atomic E-state index is 0.00930. The van der Waals surface area contributed by atoms with Crippen molar-refractivity contribution in [1.82, 2.24) is 39.7 Å². The number of halogens is 1. The normalized spacial score (nSPS) is 15.4. The van der Waals surface area contributed by atoms with Crippen molar-refractivity contribution >= 4 is 34.6 Å². The molecule has 7 aromatic rings. The fourth-order valence-corrected chi connectivity index (χ4v) is 10.3. The first-order valence-electron chi connectivity index (χ1n) is 22.0. The third-order valence-electron chi connectivity index (χ3n) is 12.7. The van der Waals surface area contributed by atoms with Gasteiger partial charge in [-0.15, -0.1) is 26.6 Å². The SMILES string of the molecule is Cc1sc2c(c1C)C(c1ccc(Cl)cc1)=NC(CC(=O)NCc1ccc(CN3CCC(Cc4ccc(-n5c(O)nnc5-c5cc(C(C)C)c(O)cc5O)cc4)CC3)cc1)c1nnc(C)n1-2. The molecule has 2 aliphatic rings. The van der Waals surface area contributed by atoms with Gasteiger partial charge in [0.05, 0.1) is 23.4 Å². The Bertz CT molecular complexity index is 2890. The van der Waals surface area contributed by atoms with E-state index in [1.807, 2.05) is 57.2 Å². The molecule has 0 radical (unpaired) electrons. The summed E-state index contributed by atoms with van der Waals surface area (Å²) in [6.45, 7) is 13.4. The smallest absolute Gasteiger partial charge is 0.319 e. The Hall–Kier alpha value is -6.35. The van der Waals surface area contributed by atoms with Crippen LogP contribution in [0.5, 0.6) is 17.5 Å². The van der Waals surface area contributed by atoms with Crippen LogP contribution >= 0.6 is 22.9 Å². The summed E-state index contributed by atoms with van der Waals surface area (Å²) < 4.78 is 3.57. The molecular weight excluding hydrogens is 858 g/mol. The zero-order chi connectivity index (χ0) is 45.5. The highest BCUT2D eigenvalue weighted by atomic mass is 35.5. The number of fused-ring (bicyclic) bond motifs is 3. The second kappa shape index (κ2) is 18.3. The van der Waals surface area contributed by atoms with Crippen LogP contribution in [-0.2, 0) is 24.3 Å². The number of aromatic hydroxyl groups is 3. The van der Waals surface area contributed by atoms with Crippen LogP contribution in [0.4, 0.5) is 0 Å². The number of rotatable bonds is 12. The Morgan fingerprint density at radius 2 is 1.52 bits per heavy atom. The Morgan fingerprint density at radius 1 is 0.831 bits per heavy atom. The Balaban J connectivity index is 0.782. The van der Waals surface area contributed by atoms with Crippen LogP contribution in [0.2, 0.25) is 5.02 Å². The number of nitrogens with one attached hydrogen (secondary N) is 1. The van der Waals surface area contributed by atoms with Crippen molar-refractivity contribution in [2.24, 2.45) is 10.9 Å². The van der Waals surface area contributed by atoms with E-state index in [0.717, 1.165) is 77.7 Å². The Kier molecular flexibility index (Phi) is 12.3. The molecule has 4 aromatic carbocycles. The Morgan fingerprint density at radius 3 is 2.23 bits per heavy atom. The number of carbonyl (C=O) groups excluding carboxylic acids is 1. The number of amides is 1. The first kappa shape index (κ1) is 43.9. The van der Waals surface area contributed by atoms with Crippen molar-refractivity contribution in [3.63, 3.8) is 0 Å². The van der Waals surface area contributed by atoms with Gasteiger partial charge in [0, 0.05) is 40.2 Å². The number of hydrogen-bond donors (Lipinski definition) is 4. The number of phenols is 2. The number of thiophene rings is 1. The summed E-state index contributed by atoms with van der Waals surface area (Å²) in [5.41, 5.74) is 9.13. The van der Waals surface area contributed by atoms with Crippen LogP contribution in [-0.4, -0.2) is 74.5 Å².